The van der Waals surface area contributed by atoms with Crippen molar-refractivity contribution in [3.63, 3.8) is 0 Å². The second-order valence-corrected chi connectivity index (χ2v) is 20.6. The molecular formula is C18H24Sb2. The molecule has 0 heterocycles. The van der Waals surface area contributed by atoms with Crippen molar-refractivity contribution in [1.29, 1.82) is 0 Å². The molecule has 0 atom stereocenters. The third kappa shape index (κ3) is 4.41. The molecule has 0 saturated carbocycles. The van der Waals surface area contributed by atoms with E-state index in [0.717, 1.165) is 0 Å². The van der Waals surface area contributed by atoms with E-state index in [9.17, 15) is 0 Å². The number of hydrogen-bond acceptors (Lipinski definition) is 0. The molecule has 0 aliphatic rings. The van der Waals surface area contributed by atoms with Crippen LogP contribution in [0.1, 0.15) is 27.7 Å². The monoisotopic (exact) mass is 482 g/mol. The van der Waals surface area contributed by atoms with Gasteiger partial charge in [-0.15, -0.1) is 0 Å². The Kier molecular flexibility index (Phi) is 6.90. The van der Waals surface area contributed by atoms with Gasteiger partial charge in [-0.3, -0.25) is 0 Å². The maximum absolute atomic E-state index is 4.17. The first-order valence-corrected chi connectivity index (χ1v) is 14.2. The van der Waals surface area contributed by atoms with Crippen molar-refractivity contribution >= 4 is 47.4 Å². The Balaban J connectivity index is 3.16. The van der Waals surface area contributed by atoms with E-state index in [0.29, 0.717) is 0 Å². The topological polar surface area (TPSA) is 0 Å². The zero-order valence-corrected chi connectivity index (χ0v) is 18.1. The van der Waals surface area contributed by atoms with Crippen LogP contribution in [0.15, 0.2) is 64.7 Å². The molecule has 0 aliphatic heterocycles. The van der Waals surface area contributed by atoms with Gasteiger partial charge in [0.15, 0.2) is 0 Å². The van der Waals surface area contributed by atoms with Gasteiger partial charge in [0, 0.05) is 0 Å². The van der Waals surface area contributed by atoms with Crippen molar-refractivity contribution < 1.29 is 0 Å². The van der Waals surface area contributed by atoms with E-state index in [1.54, 1.807) is 0 Å². The third-order valence-electron chi connectivity index (χ3n) is 2.89. The van der Waals surface area contributed by atoms with Crippen molar-refractivity contribution in [3.8, 4) is 0 Å². The first kappa shape index (κ1) is 17.9. The van der Waals surface area contributed by atoms with Crippen LogP contribution in [0.4, 0.5) is 0 Å². The van der Waals surface area contributed by atoms with Crippen molar-refractivity contribution in [1.82, 2.24) is 0 Å². The maximum atomic E-state index is 4.17. The summed E-state index contributed by atoms with van der Waals surface area (Å²) in [6, 6.07) is 9.18. The van der Waals surface area contributed by atoms with Gasteiger partial charge in [-0.25, -0.2) is 0 Å². The van der Waals surface area contributed by atoms with Crippen molar-refractivity contribution in [2.45, 2.75) is 27.7 Å². The summed E-state index contributed by atoms with van der Waals surface area (Å²) in [4.78, 5) is 0. The summed E-state index contributed by atoms with van der Waals surface area (Å²) in [6.45, 7) is 25.3. The first-order valence-electron chi connectivity index (χ1n) is 6.58. The Hall–Kier alpha value is -0.184. The minimum absolute atomic E-state index is 1.32. The van der Waals surface area contributed by atoms with Gasteiger partial charge in [-0.1, -0.05) is 0 Å². The van der Waals surface area contributed by atoms with Gasteiger partial charge in [0.05, 0.1) is 0 Å². The van der Waals surface area contributed by atoms with Crippen molar-refractivity contribution in [2.75, 3.05) is 0 Å². The van der Waals surface area contributed by atoms with Gasteiger partial charge in [-0.2, -0.15) is 0 Å². The Morgan fingerprint density at radius 1 is 0.600 bits per heavy atom. The fourth-order valence-corrected chi connectivity index (χ4v) is 13.6. The van der Waals surface area contributed by atoms with Crippen LogP contribution < -0.4 is 7.02 Å². The van der Waals surface area contributed by atoms with Crippen LogP contribution in [0.2, 0.25) is 0 Å². The van der Waals surface area contributed by atoms with E-state index < -0.39 is 40.4 Å². The molecule has 0 spiro atoms. The Labute approximate surface area is 138 Å². The number of rotatable bonds is 6. The van der Waals surface area contributed by atoms with Crippen molar-refractivity contribution in [3.05, 3.63) is 64.7 Å². The van der Waals surface area contributed by atoms with E-state index in [4.69, 9.17) is 0 Å². The van der Waals surface area contributed by atoms with Gasteiger partial charge in [0.25, 0.3) is 0 Å². The Morgan fingerprint density at radius 3 is 0.950 bits per heavy atom. The summed E-state index contributed by atoms with van der Waals surface area (Å²) in [7, 11) is 0. The Morgan fingerprint density at radius 2 is 0.800 bits per heavy atom. The van der Waals surface area contributed by atoms with Crippen LogP contribution >= 0.6 is 0 Å². The van der Waals surface area contributed by atoms with Crippen LogP contribution in [0, 0.1) is 0 Å². The van der Waals surface area contributed by atoms with Crippen LogP contribution in [0.3, 0.4) is 0 Å². The molecule has 1 rings (SSSR count). The normalized spacial score (nSPS) is 10.7. The molecule has 0 fully saturated rings. The zero-order chi connectivity index (χ0) is 15.4. The second kappa shape index (κ2) is 7.72. The number of allylic oxidation sites excluding steroid dienone is 4. The quantitative estimate of drug-likeness (QED) is 0.543. The van der Waals surface area contributed by atoms with Crippen LogP contribution in [-0.4, -0.2) is 40.4 Å². The molecule has 0 N–H and O–H groups in total. The van der Waals surface area contributed by atoms with E-state index in [1.807, 2.05) is 0 Å². The van der Waals surface area contributed by atoms with E-state index >= 15 is 0 Å². The predicted octanol–water partition coefficient (Wildman–Crippen LogP) is 3.55. The molecule has 106 valence electrons. The molecular weight excluding hydrogens is 460 g/mol. The molecule has 0 bridgehead atoms. The molecule has 1 aromatic carbocycles. The van der Waals surface area contributed by atoms with Crippen molar-refractivity contribution in [2.24, 2.45) is 0 Å². The fraction of sp³-hybridized carbons (Fsp3) is 0.222. The van der Waals surface area contributed by atoms with E-state index in [1.165, 1.54) is 21.1 Å². The standard InChI is InChI=1S/C6H4.4C3H5.2Sb/c1-2-4-6-5-3-1;4*1-3-2;;/h1-2,5-6H;4*1H2,2H3;;. The van der Waals surface area contributed by atoms with Gasteiger partial charge < -0.3 is 0 Å². The average Bonchev–Trinajstić information content (AvgIpc) is 2.29. The molecule has 0 aromatic heterocycles. The van der Waals surface area contributed by atoms with Gasteiger partial charge in [0.2, 0.25) is 0 Å². The summed E-state index contributed by atoms with van der Waals surface area (Å²) in [5, 5.41) is 0. The molecule has 20 heavy (non-hydrogen) atoms. The fourth-order valence-electron chi connectivity index (χ4n) is 2.28. The van der Waals surface area contributed by atoms with Crippen LogP contribution in [-0.2, 0) is 0 Å². The predicted molar refractivity (Wildman–Crippen MR) is 96.5 cm³/mol. The van der Waals surface area contributed by atoms with E-state index in [2.05, 4.69) is 78.3 Å². The molecule has 0 unspecified atom stereocenters. The molecule has 2 heteroatoms. The molecule has 0 aliphatic carbocycles. The molecule has 0 nitrogen and oxygen atoms in total. The molecule has 0 amide bonds. The van der Waals surface area contributed by atoms with Crippen LogP contribution in [0.5, 0.6) is 0 Å². The van der Waals surface area contributed by atoms with Gasteiger partial charge in [-0.05, 0) is 0 Å². The summed E-state index contributed by atoms with van der Waals surface area (Å²) in [5.74, 6) is 0. The zero-order valence-electron chi connectivity index (χ0n) is 13.0. The molecule has 1 aromatic rings. The summed E-state index contributed by atoms with van der Waals surface area (Å²) in [5.41, 5.74) is 0. The summed E-state index contributed by atoms with van der Waals surface area (Å²) in [6.07, 6.45) is 0. The minimum atomic E-state index is -1.74. The molecule has 0 saturated heterocycles. The van der Waals surface area contributed by atoms with Gasteiger partial charge in [0.1, 0.15) is 0 Å². The first-order chi connectivity index (χ1) is 9.25. The van der Waals surface area contributed by atoms with Gasteiger partial charge >= 0.3 is 140 Å². The third-order valence-corrected chi connectivity index (χ3v) is 16.3. The van der Waals surface area contributed by atoms with E-state index in [-0.39, 0.29) is 0 Å². The Bertz CT molecular complexity index is 470. The second-order valence-electron chi connectivity index (χ2n) is 5.13. The average molecular weight is 484 g/mol. The SMILES string of the molecule is C=[C](C)[Sb]([C](=C)C)[c]1cc[c]([Sb]([C](=C)C)[C](=C)C)cc1. The summed E-state index contributed by atoms with van der Waals surface area (Å²) >= 11 is -3.47. The summed E-state index contributed by atoms with van der Waals surface area (Å²) < 4.78 is 8.22. The number of benzene rings is 1. The number of hydrogen-bond donors (Lipinski definition) is 0. The van der Waals surface area contributed by atoms with Crippen LogP contribution in [0.25, 0.3) is 0 Å². The molecule has 0 radical (unpaired) electrons.